The van der Waals surface area contributed by atoms with Crippen LogP contribution in [0.2, 0.25) is 5.02 Å². The lowest BCUT2D eigenvalue weighted by Crippen LogP contribution is -2.15. The summed E-state index contributed by atoms with van der Waals surface area (Å²) in [5.74, 6) is -1.47. The van der Waals surface area contributed by atoms with E-state index in [1.807, 2.05) is 0 Å². The summed E-state index contributed by atoms with van der Waals surface area (Å²) in [4.78, 5) is 21.8. The largest absolute Gasteiger partial charge is 0.468 e. The first kappa shape index (κ1) is 10.7. The molecular weight excluding hydrogens is 204 g/mol. The molecule has 0 fully saturated rings. The minimum Gasteiger partial charge on any atom is -0.468 e. The standard InChI is InChI=1S/C10H9ClO3/c1-14-10(13)9(6-12)7-3-2-4-8(11)5-7/h2-6,9H,1H3. The molecule has 0 spiro atoms. The second kappa shape index (κ2) is 4.77. The maximum atomic E-state index is 11.2. The first-order chi connectivity index (χ1) is 6.69. The monoisotopic (exact) mass is 212 g/mol. The van der Waals surface area contributed by atoms with Crippen molar-refractivity contribution in [3.63, 3.8) is 0 Å². The van der Waals surface area contributed by atoms with Crippen molar-refractivity contribution in [2.45, 2.75) is 5.92 Å². The number of hydrogen-bond donors (Lipinski definition) is 0. The summed E-state index contributed by atoms with van der Waals surface area (Å²) in [7, 11) is 1.24. The lowest BCUT2D eigenvalue weighted by Gasteiger charge is -2.07. The van der Waals surface area contributed by atoms with Crippen molar-refractivity contribution in [2.24, 2.45) is 0 Å². The predicted octanol–water partition coefficient (Wildman–Crippen LogP) is 1.80. The molecular formula is C10H9ClO3. The van der Waals surface area contributed by atoms with Crippen LogP contribution < -0.4 is 0 Å². The quantitative estimate of drug-likeness (QED) is 0.436. The van der Waals surface area contributed by atoms with Crippen LogP contribution in [0.15, 0.2) is 24.3 Å². The number of carbonyl (C=O) groups excluding carboxylic acids is 2. The SMILES string of the molecule is COC(=O)C(C=O)c1cccc(Cl)c1. The Morgan fingerprint density at radius 1 is 1.57 bits per heavy atom. The van der Waals surface area contributed by atoms with Crippen molar-refractivity contribution in [1.29, 1.82) is 0 Å². The number of methoxy groups -OCH3 is 1. The van der Waals surface area contributed by atoms with Crippen molar-refractivity contribution < 1.29 is 14.3 Å². The lowest BCUT2D eigenvalue weighted by atomic mass is 10.0. The molecule has 0 saturated carbocycles. The number of esters is 1. The van der Waals surface area contributed by atoms with Gasteiger partial charge in [0.15, 0.2) is 0 Å². The molecule has 0 aliphatic carbocycles. The Hall–Kier alpha value is -1.35. The first-order valence-corrected chi connectivity index (χ1v) is 4.35. The molecule has 0 aliphatic rings. The third kappa shape index (κ3) is 2.33. The van der Waals surface area contributed by atoms with E-state index in [9.17, 15) is 9.59 Å². The first-order valence-electron chi connectivity index (χ1n) is 3.97. The van der Waals surface area contributed by atoms with E-state index in [2.05, 4.69) is 4.74 Å². The Kier molecular flexibility index (Phi) is 3.65. The van der Waals surface area contributed by atoms with Gasteiger partial charge in [-0.1, -0.05) is 23.7 Å². The van der Waals surface area contributed by atoms with Crippen molar-refractivity contribution in [3.8, 4) is 0 Å². The van der Waals surface area contributed by atoms with Crippen molar-refractivity contribution >= 4 is 23.9 Å². The van der Waals surface area contributed by atoms with E-state index in [1.165, 1.54) is 7.11 Å². The zero-order valence-corrected chi connectivity index (χ0v) is 8.32. The molecule has 1 unspecified atom stereocenters. The zero-order valence-electron chi connectivity index (χ0n) is 7.57. The fourth-order valence-electron chi connectivity index (χ4n) is 1.10. The Balaban J connectivity index is 3.00. The van der Waals surface area contributed by atoms with Crippen LogP contribution >= 0.6 is 11.6 Å². The number of rotatable bonds is 3. The van der Waals surface area contributed by atoms with Gasteiger partial charge in [-0.05, 0) is 17.7 Å². The van der Waals surface area contributed by atoms with Crippen LogP contribution in [0.1, 0.15) is 11.5 Å². The van der Waals surface area contributed by atoms with Gasteiger partial charge in [0, 0.05) is 5.02 Å². The minimum absolute atomic E-state index is 0.484. The Bertz CT molecular complexity index is 349. The molecule has 74 valence electrons. The van der Waals surface area contributed by atoms with Gasteiger partial charge in [0.1, 0.15) is 12.2 Å². The lowest BCUT2D eigenvalue weighted by molar-refractivity contribution is -0.143. The van der Waals surface area contributed by atoms with Gasteiger partial charge >= 0.3 is 5.97 Å². The Labute approximate surface area is 86.6 Å². The Morgan fingerprint density at radius 3 is 2.79 bits per heavy atom. The van der Waals surface area contributed by atoms with Gasteiger partial charge in [0.2, 0.25) is 0 Å². The highest BCUT2D eigenvalue weighted by Gasteiger charge is 2.20. The van der Waals surface area contributed by atoms with E-state index in [4.69, 9.17) is 11.6 Å². The summed E-state index contributed by atoms with van der Waals surface area (Å²) in [5.41, 5.74) is 0.541. The summed E-state index contributed by atoms with van der Waals surface area (Å²) >= 11 is 5.73. The van der Waals surface area contributed by atoms with Crippen LogP contribution in [-0.4, -0.2) is 19.4 Å². The van der Waals surface area contributed by atoms with Crippen LogP contribution in [0.25, 0.3) is 0 Å². The second-order valence-electron chi connectivity index (χ2n) is 2.69. The zero-order chi connectivity index (χ0) is 10.6. The molecule has 3 nitrogen and oxygen atoms in total. The van der Waals surface area contributed by atoms with Gasteiger partial charge < -0.3 is 9.53 Å². The minimum atomic E-state index is -0.890. The smallest absolute Gasteiger partial charge is 0.320 e. The summed E-state index contributed by atoms with van der Waals surface area (Å²) in [6.45, 7) is 0. The molecule has 1 aromatic rings. The average molecular weight is 213 g/mol. The van der Waals surface area contributed by atoms with Crippen LogP contribution in [-0.2, 0) is 14.3 Å². The number of aldehydes is 1. The van der Waals surface area contributed by atoms with E-state index in [0.717, 1.165) is 0 Å². The number of carbonyl (C=O) groups is 2. The van der Waals surface area contributed by atoms with Crippen LogP contribution in [0.3, 0.4) is 0 Å². The van der Waals surface area contributed by atoms with Gasteiger partial charge in [-0.2, -0.15) is 0 Å². The third-order valence-corrected chi connectivity index (χ3v) is 2.03. The maximum Gasteiger partial charge on any atom is 0.320 e. The van der Waals surface area contributed by atoms with Crippen molar-refractivity contribution in [1.82, 2.24) is 0 Å². The molecule has 4 heteroatoms. The van der Waals surface area contributed by atoms with E-state index >= 15 is 0 Å². The molecule has 0 aromatic heterocycles. The van der Waals surface area contributed by atoms with Crippen molar-refractivity contribution in [3.05, 3.63) is 34.9 Å². The molecule has 0 radical (unpaired) electrons. The number of hydrogen-bond acceptors (Lipinski definition) is 3. The van der Waals surface area contributed by atoms with Crippen LogP contribution in [0.4, 0.5) is 0 Å². The highest BCUT2D eigenvalue weighted by molar-refractivity contribution is 6.30. The van der Waals surface area contributed by atoms with Crippen LogP contribution in [0.5, 0.6) is 0 Å². The van der Waals surface area contributed by atoms with Gasteiger partial charge in [-0.25, -0.2) is 0 Å². The molecule has 0 N–H and O–H groups in total. The van der Waals surface area contributed by atoms with Gasteiger partial charge in [-0.3, -0.25) is 4.79 Å². The van der Waals surface area contributed by atoms with Crippen LogP contribution in [0, 0.1) is 0 Å². The molecule has 0 saturated heterocycles. The predicted molar refractivity (Wildman–Crippen MR) is 52.3 cm³/mol. The number of halogens is 1. The molecule has 0 bridgehead atoms. The topological polar surface area (TPSA) is 43.4 Å². The summed E-state index contributed by atoms with van der Waals surface area (Å²) in [5, 5.41) is 0.484. The van der Waals surface area contributed by atoms with E-state index in [-0.39, 0.29) is 0 Å². The fraction of sp³-hybridized carbons (Fsp3) is 0.200. The molecule has 1 atom stereocenters. The third-order valence-electron chi connectivity index (χ3n) is 1.80. The maximum absolute atomic E-state index is 11.2. The summed E-state index contributed by atoms with van der Waals surface area (Å²) in [6, 6.07) is 6.57. The number of benzene rings is 1. The van der Waals surface area contributed by atoms with E-state index in [1.54, 1.807) is 24.3 Å². The molecule has 0 heterocycles. The van der Waals surface area contributed by atoms with Gasteiger partial charge in [0.25, 0.3) is 0 Å². The summed E-state index contributed by atoms with van der Waals surface area (Å²) < 4.78 is 4.48. The number of ether oxygens (including phenoxy) is 1. The Morgan fingerprint density at radius 2 is 2.29 bits per heavy atom. The highest BCUT2D eigenvalue weighted by atomic mass is 35.5. The van der Waals surface area contributed by atoms with Crippen molar-refractivity contribution in [2.75, 3.05) is 7.11 Å². The average Bonchev–Trinajstić information content (AvgIpc) is 2.19. The van der Waals surface area contributed by atoms with Gasteiger partial charge in [-0.15, -0.1) is 0 Å². The molecule has 14 heavy (non-hydrogen) atoms. The summed E-state index contributed by atoms with van der Waals surface area (Å²) in [6.07, 6.45) is 0.539. The highest BCUT2D eigenvalue weighted by Crippen LogP contribution is 2.19. The molecule has 1 rings (SSSR count). The normalized spacial score (nSPS) is 11.9. The van der Waals surface area contributed by atoms with E-state index < -0.39 is 11.9 Å². The fourth-order valence-corrected chi connectivity index (χ4v) is 1.30. The molecule has 0 amide bonds. The molecule has 0 aliphatic heterocycles. The second-order valence-corrected chi connectivity index (χ2v) is 3.13. The molecule has 1 aromatic carbocycles. The van der Waals surface area contributed by atoms with E-state index in [0.29, 0.717) is 16.9 Å². The van der Waals surface area contributed by atoms with Gasteiger partial charge in [0.05, 0.1) is 7.11 Å².